The van der Waals surface area contributed by atoms with Gasteiger partial charge < -0.3 is 15.6 Å². The molecular formula is C32H24F6N4O2. The van der Waals surface area contributed by atoms with Crippen LogP contribution in [0.25, 0.3) is 22.0 Å². The van der Waals surface area contributed by atoms with E-state index in [2.05, 4.69) is 10.3 Å². The molecule has 3 N–H and O–H groups in total. The van der Waals surface area contributed by atoms with Crippen LogP contribution in [0.3, 0.4) is 0 Å². The summed E-state index contributed by atoms with van der Waals surface area (Å²) in [5.41, 5.74) is 3.30. The average Bonchev–Trinajstić information content (AvgIpc) is 3.31. The van der Waals surface area contributed by atoms with E-state index in [0.717, 1.165) is 28.8 Å². The van der Waals surface area contributed by atoms with E-state index in [4.69, 9.17) is 5.73 Å². The topological polar surface area (TPSA) is 90.0 Å². The summed E-state index contributed by atoms with van der Waals surface area (Å²) in [6.07, 6.45) is -3.63. The van der Waals surface area contributed by atoms with Gasteiger partial charge in [-0.15, -0.1) is 0 Å². The predicted molar refractivity (Wildman–Crippen MR) is 151 cm³/mol. The number of nitrogens with zero attached hydrogens (tertiary/aromatic N) is 2. The number of alkyl halides is 3. The Labute approximate surface area is 247 Å². The van der Waals surface area contributed by atoms with Gasteiger partial charge >= 0.3 is 6.18 Å². The second kappa shape index (κ2) is 11.5. The Morgan fingerprint density at radius 3 is 2.30 bits per heavy atom. The lowest BCUT2D eigenvalue weighted by Crippen LogP contribution is -2.47. The zero-order valence-corrected chi connectivity index (χ0v) is 23.1. The summed E-state index contributed by atoms with van der Waals surface area (Å²) < 4.78 is 85.4. The van der Waals surface area contributed by atoms with Gasteiger partial charge in [0.15, 0.2) is 0 Å². The van der Waals surface area contributed by atoms with Gasteiger partial charge in [0.1, 0.15) is 29.7 Å². The van der Waals surface area contributed by atoms with Crippen molar-refractivity contribution in [2.45, 2.75) is 31.6 Å². The maximum absolute atomic E-state index is 14.3. The number of benzene rings is 3. The highest BCUT2D eigenvalue weighted by atomic mass is 19.4. The van der Waals surface area contributed by atoms with E-state index >= 15 is 0 Å². The van der Waals surface area contributed by atoms with Crippen molar-refractivity contribution in [3.63, 3.8) is 0 Å². The third-order valence-electron chi connectivity index (χ3n) is 7.17. The second-order valence-electron chi connectivity index (χ2n) is 10.5. The monoisotopic (exact) mass is 610 g/mol. The number of carbonyl (C=O) groups is 2. The van der Waals surface area contributed by atoms with Crippen LogP contribution in [-0.2, 0) is 29.5 Å². The van der Waals surface area contributed by atoms with Crippen LogP contribution in [0, 0.1) is 17.5 Å². The molecule has 0 aliphatic heterocycles. The molecule has 1 atom stereocenters. The van der Waals surface area contributed by atoms with Crippen LogP contribution in [0.5, 0.6) is 0 Å². The smallest absolute Gasteiger partial charge is 0.366 e. The van der Waals surface area contributed by atoms with Crippen molar-refractivity contribution in [3.05, 3.63) is 125 Å². The Bertz CT molecular complexity index is 1880. The molecule has 2 heterocycles. The molecule has 44 heavy (non-hydrogen) atoms. The van der Waals surface area contributed by atoms with E-state index in [1.165, 1.54) is 43.5 Å². The van der Waals surface area contributed by atoms with E-state index in [1.807, 2.05) is 0 Å². The summed E-state index contributed by atoms with van der Waals surface area (Å²) in [7, 11) is 0. The first kappa shape index (κ1) is 30.3. The SMILES string of the molecule is CC(Cc1cc(F)cc(F)c1)(NC(=O)Cn1c(C(F)(F)F)cc2ccccc21)c1ncccc1-c1ccc(F)c(C(N)=O)c1. The average molecular weight is 611 g/mol. The number of halogens is 6. The van der Waals surface area contributed by atoms with E-state index in [1.54, 1.807) is 18.2 Å². The van der Waals surface area contributed by atoms with Crippen molar-refractivity contribution >= 4 is 22.7 Å². The quantitative estimate of drug-likeness (QED) is 0.196. The van der Waals surface area contributed by atoms with Gasteiger partial charge in [0.05, 0.1) is 16.8 Å². The van der Waals surface area contributed by atoms with Crippen molar-refractivity contribution in [1.29, 1.82) is 0 Å². The first-order chi connectivity index (χ1) is 20.7. The van der Waals surface area contributed by atoms with Gasteiger partial charge in [0.2, 0.25) is 5.91 Å². The Hall–Kier alpha value is -5.13. The molecule has 2 aromatic heterocycles. The molecule has 0 saturated heterocycles. The molecule has 5 aromatic rings. The van der Waals surface area contributed by atoms with E-state index in [9.17, 15) is 35.9 Å². The molecule has 0 radical (unpaired) electrons. The van der Waals surface area contributed by atoms with Gasteiger partial charge in [-0.05, 0) is 60.5 Å². The van der Waals surface area contributed by atoms with Crippen LogP contribution in [0.2, 0.25) is 0 Å². The fraction of sp³-hybridized carbons (Fsp3) is 0.156. The van der Waals surface area contributed by atoms with Gasteiger partial charge in [-0.1, -0.05) is 30.3 Å². The fourth-order valence-corrected chi connectivity index (χ4v) is 5.37. The maximum Gasteiger partial charge on any atom is 0.431 e. The van der Waals surface area contributed by atoms with E-state index < -0.39 is 58.8 Å². The number of fused-ring (bicyclic) bond motifs is 1. The fourth-order valence-electron chi connectivity index (χ4n) is 5.37. The lowest BCUT2D eigenvalue weighted by atomic mass is 9.84. The zero-order valence-electron chi connectivity index (χ0n) is 23.1. The first-order valence-electron chi connectivity index (χ1n) is 13.2. The third-order valence-corrected chi connectivity index (χ3v) is 7.17. The number of primary amides is 1. The van der Waals surface area contributed by atoms with Crippen molar-refractivity contribution in [1.82, 2.24) is 14.9 Å². The summed E-state index contributed by atoms with van der Waals surface area (Å²) >= 11 is 0. The highest BCUT2D eigenvalue weighted by Gasteiger charge is 2.37. The molecule has 0 aliphatic rings. The summed E-state index contributed by atoms with van der Waals surface area (Å²) in [5, 5.41) is 3.01. The van der Waals surface area contributed by atoms with Crippen LogP contribution >= 0.6 is 0 Å². The predicted octanol–water partition coefficient (Wildman–Crippen LogP) is 6.51. The highest BCUT2D eigenvalue weighted by molar-refractivity contribution is 5.94. The third kappa shape index (κ3) is 6.14. The molecule has 3 aromatic carbocycles. The Morgan fingerprint density at radius 2 is 1.61 bits per heavy atom. The number of nitrogens with two attached hydrogens (primary N) is 1. The lowest BCUT2D eigenvalue weighted by Gasteiger charge is -2.33. The van der Waals surface area contributed by atoms with Crippen LogP contribution < -0.4 is 11.1 Å². The number of para-hydroxylation sites is 1. The van der Waals surface area contributed by atoms with Crippen LogP contribution in [0.15, 0.2) is 85.1 Å². The number of nitrogens with one attached hydrogen (secondary N) is 1. The molecule has 2 amide bonds. The minimum absolute atomic E-state index is 0.112. The zero-order chi connectivity index (χ0) is 31.8. The number of pyridine rings is 1. The standard InChI is InChI=1S/C32H24F6N4O2/c1-31(16-18-11-21(33)15-22(34)12-18,29-23(6-4-10-40-29)19-8-9-25(35)24(13-19)30(39)44)41-28(43)17-42-26-7-3-2-5-20(26)14-27(42)32(36,37)38/h2-15H,16-17H2,1H3,(H2,39,44)(H,41,43). The number of hydrogen-bond donors (Lipinski definition) is 2. The number of amides is 2. The minimum atomic E-state index is -4.77. The number of aromatic nitrogens is 2. The van der Waals surface area contributed by atoms with E-state index in [-0.39, 0.29) is 34.1 Å². The summed E-state index contributed by atoms with van der Waals surface area (Å²) in [6, 6.07) is 16.5. The summed E-state index contributed by atoms with van der Waals surface area (Å²) in [4.78, 5) is 29.9. The molecule has 0 bridgehead atoms. The van der Waals surface area contributed by atoms with Crippen LogP contribution in [0.1, 0.15) is 34.2 Å². The number of carbonyl (C=O) groups excluding carboxylic acids is 2. The van der Waals surface area contributed by atoms with Crippen molar-refractivity contribution < 1.29 is 35.9 Å². The molecule has 0 fully saturated rings. The highest BCUT2D eigenvalue weighted by Crippen LogP contribution is 2.36. The molecule has 1 unspecified atom stereocenters. The molecule has 0 saturated carbocycles. The number of rotatable bonds is 8. The van der Waals surface area contributed by atoms with Crippen molar-refractivity contribution in [2.75, 3.05) is 0 Å². The first-order valence-corrected chi connectivity index (χ1v) is 13.2. The van der Waals surface area contributed by atoms with Crippen LogP contribution in [0.4, 0.5) is 26.3 Å². The summed E-state index contributed by atoms with van der Waals surface area (Å²) in [5.74, 6) is -4.51. The molecule has 0 aliphatic carbocycles. The Balaban J connectivity index is 1.61. The van der Waals surface area contributed by atoms with Gasteiger partial charge in [0.25, 0.3) is 5.91 Å². The maximum atomic E-state index is 14.3. The number of hydrogen-bond acceptors (Lipinski definition) is 3. The Morgan fingerprint density at radius 1 is 0.909 bits per heavy atom. The molecule has 5 rings (SSSR count). The molecular weight excluding hydrogens is 586 g/mol. The molecule has 12 heteroatoms. The van der Waals surface area contributed by atoms with Crippen molar-refractivity contribution in [3.8, 4) is 11.1 Å². The van der Waals surface area contributed by atoms with Crippen molar-refractivity contribution in [2.24, 2.45) is 5.73 Å². The Kier molecular flexibility index (Phi) is 7.94. The minimum Gasteiger partial charge on any atom is -0.366 e. The van der Waals surface area contributed by atoms with Gasteiger partial charge in [0, 0.05) is 35.2 Å². The van der Waals surface area contributed by atoms with E-state index in [0.29, 0.717) is 11.6 Å². The second-order valence-corrected chi connectivity index (χ2v) is 10.5. The van der Waals surface area contributed by atoms with Gasteiger partial charge in [-0.2, -0.15) is 13.2 Å². The molecule has 226 valence electrons. The summed E-state index contributed by atoms with van der Waals surface area (Å²) in [6.45, 7) is 0.747. The molecule has 6 nitrogen and oxygen atoms in total. The van der Waals surface area contributed by atoms with Gasteiger partial charge in [-0.3, -0.25) is 14.6 Å². The largest absolute Gasteiger partial charge is 0.431 e. The van der Waals surface area contributed by atoms with Gasteiger partial charge in [-0.25, -0.2) is 13.2 Å². The normalized spacial score (nSPS) is 13.1. The molecule has 0 spiro atoms. The lowest BCUT2D eigenvalue weighted by molar-refractivity contribution is -0.143. The van der Waals surface area contributed by atoms with Crippen LogP contribution in [-0.4, -0.2) is 21.4 Å².